The van der Waals surface area contributed by atoms with Gasteiger partial charge in [-0.15, -0.1) is 0 Å². The van der Waals surface area contributed by atoms with E-state index in [0.717, 1.165) is 6.54 Å². The van der Waals surface area contributed by atoms with Crippen molar-refractivity contribution in [1.29, 1.82) is 0 Å². The highest BCUT2D eigenvalue weighted by Crippen LogP contribution is 2.26. The maximum atomic E-state index is 9.31. The van der Waals surface area contributed by atoms with E-state index in [4.69, 9.17) is 11.6 Å². The molecule has 82 valence electrons. The van der Waals surface area contributed by atoms with Crippen LogP contribution in [0.5, 0.6) is 5.75 Å². The summed E-state index contributed by atoms with van der Waals surface area (Å²) in [6.45, 7) is 4.36. The molecule has 3 heteroatoms. The fourth-order valence-electron chi connectivity index (χ4n) is 2.11. The Bertz CT molecular complexity index is 353. The number of phenols is 1. The summed E-state index contributed by atoms with van der Waals surface area (Å²) in [4.78, 5) is 2.45. The van der Waals surface area contributed by atoms with E-state index in [1.807, 2.05) is 12.1 Å². The minimum atomic E-state index is 0.162. The summed E-state index contributed by atoms with van der Waals surface area (Å²) in [5.41, 5.74) is 1.17. The highest BCUT2D eigenvalue weighted by atomic mass is 35.5. The van der Waals surface area contributed by atoms with Gasteiger partial charge < -0.3 is 5.11 Å². The van der Waals surface area contributed by atoms with Crippen LogP contribution in [-0.2, 0) is 6.54 Å². The average molecular weight is 226 g/mol. The zero-order chi connectivity index (χ0) is 10.8. The third kappa shape index (κ3) is 2.44. The molecule has 1 aliphatic rings. The van der Waals surface area contributed by atoms with Crippen molar-refractivity contribution in [2.45, 2.75) is 32.4 Å². The van der Waals surface area contributed by atoms with Gasteiger partial charge in [-0.05, 0) is 44.0 Å². The molecule has 1 unspecified atom stereocenters. The van der Waals surface area contributed by atoms with Crippen molar-refractivity contribution in [2.75, 3.05) is 6.54 Å². The number of aromatic hydroxyl groups is 1. The number of hydrogen-bond donors (Lipinski definition) is 1. The average Bonchev–Trinajstić information content (AvgIpc) is 2.59. The number of halogens is 1. The summed E-state index contributed by atoms with van der Waals surface area (Å²) >= 11 is 5.87. The predicted molar refractivity (Wildman–Crippen MR) is 62.2 cm³/mol. The number of hydrogen-bond acceptors (Lipinski definition) is 2. The van der Waals surface area contributed by atoms with Gasteiger partial charge in [0, 0.05) is 12.6 Å². The zero-order valence-corrected chi connectivity index (χ0v) is 9.67. The molecule has 1 atom stereocenters. The lowest BCUT2D eigenvalue weighted by atomic mass is 10.2. The van der Waals surface area contributed by atoms with Gasteiger partial charge in [-0.1, -0.05) is 17.7 Å². The van der Waals surface area contributed by atoms with Gasteiger partial charge in [0.1, 0.15) is 5.75 Å². The van der Waals surface area contributed by atoms with Crippen LogP contribution in [0.2, 0.25) is 5.02 Å². The Balaban J connectivity index is 2.07. The van der Waals surface area contributed by atoms with E-state index in [-0.39, 0.29) is 5.75 Å². The van der Waals surface area contributed by atoms with Gasteiger partial charge in [0.25, 0.3) is 0 Å². The molecule has 0 bridgehead atoms. The molecule has 1 aromatic rings. The molecule has 0 radical (unpaired) electrons. The van der Waals surface area contributed by atoms with Gasteiger partial charge in [-0.25, -0.2) is 0 Å². The fraction of sp³-hybridized carbons (Fsp3) is 0.500. The number of rotatable bonds is 2. The molecule has 0 aromatic heterocycles. The van der Waals surface area contributed by atoms with Gasteiger partial charge in [-0.3, -0.25) is 4.90 Å². The maximum Gasteiger partial charge on any atom is 0.134 e. The Labute approximate surface area is 95.5 Å². The molecule has 0 spiro atoms. The maximum absolute atomic E-state index is 9.31. The number of nitrogens with zero attached hydrogens (tertiary/aromatic N) is 1. The lowest BCUT2D eigenvalue weighted by Gasteiger charge is -2.21. The van der Waals surface area contributed by atoms with Crippen LogP contribution in [0.25, 0.3) is 0 Å². The first-order valence-electron chi connectivity index (χ1n) is 5.38. The van der Waals surface area contributed by atoms with Gasteiger partial charge in [0.15, 0.2) is 0 Å². The van der Waals surface area contributed by atoms with Crippen LogP contribution in [0, 0.1) is 0 Å². The van der Waals surface area contributed by atoms with Crippen molar-refractivity contribution in [3.05, 3.63) is 28.8 Å². The molecule has 1 N–H and O–H groups in total. The third-order valence-electron chi connectivity index (χ3n) is 3.09. The molecule has 1 aromatic carbocycles. The minimum absolute atomic E-state index is 0.162. The lowest BCUT2D eigenvalue weighted by Crippen LogP contribution is -2.26. The molecule has 1 heterocycles. The Morgan fingerprint density at radius 1 is 1.53 bits per heavy atom. The minimum Gasteiger partial charge on any atom is -0.506 e. The third-order valence-corrected chi connectivity index (χ3v) is 3.39. The Hall–Kier alpha value is -0.730. The van der Waals surface area contributed by atoms with Crippen LogP contribution in [0.1, 0.15) is 25.3 Å². The number of likely N-dealkylation sites (tertiary alicyclic amines) is 1. The van der Waals surface area contributed by atoms with E-state index in [9.17, 15) is 5.11 Å². The van der Waals surface area contributed by atoms with E-state index < -0.39 is 0 Å². The summed E-state index contributed by atoms with van der Waals surface area (Å²) in [5.74, 6) is 0.162. The lowest BCUT2D eigenvalue weighted by molar-refractivity contribution is 0.260. The summed E-state index contributed by atoms with van der Waals surface area (Å²) < 4.78 is 0. The van der Waals surface area contributed by atoms with E-state index in [1.54, 1.807) is 6.07 Å². The number of benzene rings is 1. The first kappa shape index (κ1) is 10.8. The van der Waals surface area contributed by atoms with E-state index in [1.165, 1.54) is 24.9 Å². The molecule has 1 fully saturated rings. The Kier molecular flexibility index (Phi) is 3.17. The van der Waals surface area contributed by atoms with Gasteiger partial charge in [0.05, 0.1) is 5.02 Å². The van der Waals surface area contributed by atoms with Crippen LogP contribution in [0.4, 0.5) is 0 Å². The van der Waals surface area contributed by atoms with Gasteiger partial charge in [-0.2, -0.15) is 0 Å². The molecule has 0 amide bonds. The molecule has 1 aliphatic heterocycles. The van der Waals surface area contributed by atoms with Gasteiger partial charge in [0.2, 0.25) is 0 Å². The fourth-order valence-corrected chi connectivity index (χ4v) is 2.31. The van der Waals surface area contributed by atoms with E-state index in [0.29, 0.717) is 11.1 Å². The van der Waals surface area contributed by atoms with Crippen molar-refractivity contribution in [1.82, 2.24) is 4.90 Å². The first-order chi connectivity index (χ1) is 7.16. The highest BCUT2D eigenvalue weighted by Gasteiger charge is 2.20. The van der Waals surface area contributed by atoms with Crippen LogP contribution in [0.15, 0.2) is 18.2 Å². The van der Waals surface area contributed by atoms with Crippen LogP contribution >= 0.6 is 11.6 Å². The highest BCUT2D eigenvalue weighted by molar-refractivity contribution is 6.32. The molecular weight excluding hydrogens is 210 g/mol. The molecule has 0 aliphatic carbocycles. The smallest absolute Gasteiger partial charge is 0.134 e. The summed E-state index contributed by atoms with van der Waals surface area (Å²) in [6.07, 6.45) is 2.57. The standard InChI is InChI=1S/C12H16ClNO/c1-9-3-2-6-14(9)8-10-4-5-12(15)11(13)7-10/h4-5,7,9,15H,2-3,6,8H2,1H3. The molecule has 2 nitrogen and oxygen atoms in total. The second-order valence-electron chi connectivity index (χ2n) is 4.25. The summed E-state index contributed by atoms with van der Waals surface area (Å²) in [5, 5.41) is 9.75. The first-order valence-corrected chi connectivity index (χ1v) is 5.76. The van der Waals surface area contributed by atoms with Crippen LogP contribution < -0.4 is 0 Å². The summed E-state index contributed by atoms with van der Waals surface area (Å²) in [7, 11) is 0. The monoisotopic (exact) mass is 225 g/mol. The van der Waals surface area contributed by atoms with E-state index >= 15 is 0 Å². The van der Waals surface area contributed by atoms with Crippen molar-refractivity contribution < 1.29 is 5.11 Å². The van der Waals surface area contributed by atoms with Crippen LogP contribution in [0.3, 0.4) is 0 Å². The zero-order valence-electron chi connectivity index (χ0n) is 8.91. The molecule has 2 rings (SSSR count). The molecule has 15 heavy (non-hydrogen) atoms. The molecule has 1 saturated heterocycles. The van der Waals surface area contributed by atoms with Crippen molar-refractivity contribution in [3.63, 3.8) is 0 Å². The van der Waals surface area contributed by atoms with Crippen molar-refractivity contribution >= 4 is 11.6 Å². The normalized spacial score (nSPS) is 22.1. The van der Waals surface area contributed by atoms with Crippen LogP contribution in [-0.4, -0.2) is 22.6 Å². The second kappa shape index (κ2) is 4.42. The largest absolute Gasteiger partial charge is 0.506 e. The Morgan fingerprint density at radius 2 is 2.33 bits per heavy atom. The van der Waals surface area contributed by atoms with Gasteiger partial charge >= 0.3 is 0 Å². The molecular formula is C12H16ClNO. The topological polar surface area (TPSA) is 23.5 Å². The van der Waals surface area contributed by atoms with E-state index in [2.05, 4.69) is 11.8 Å². The van der Waals surface area contributed by atoms with Crippen molar-refractivity contribution in [2.24, 2.45) is 0 Å². The quantitative estimate of drug-likeness (QED) is 0.837. The number of phenolic OH excluding ortho intramolecular Hbond substituents is 1. The van der Waals surface area contributed by atoms with Crippen molar-refractivity contribution in [3.8, 4) is 5.75 Å². The molecule has 0 saturated carbocycles. The Morgan fingerprint density at radius 3 is 2.93 bits per heavy atom. The SMILES string of the molecule is CC1CCCN1Cc1ccc(O)c(Cl)c1. The predicted octanol–water partition coefficient (Wildman–Crippen LogP) is 3.03. The second-order valence-corrected chi connectivity index (χ2v) is 4.65. The summed E-state index contributed by atoms with van der Waals surface area (Å²) in [6, 6.07) is 6.12.